The molecule has 0 amide bonds. The molecule has 0 unspecified atom stereocenters. The first-order chi connectivity index (χ1) is 13.7. The van der Waals surface area contributed by atoms with Gasteiger partial charge in [0, 0.05) is 18.0 Å². The molecule has 28 heavy (non-hydrogen) atoms. The summed E-state index contributed by atoms with van der Waals surface area (Å²) in [5, 5.41) is 9.39. The first-order valence-electron chi connectivity index (χ1n) is 8.74. The van der Waals surface area contributed by atoms with E-state index in [2.05, 4.69) is 6.07 Å². The molecule has 0 atom stereocenters. The quantitative estimate of drug-likeness (QED) is 0.583. The highest BCUT2D eigenvalue weighted by molar-refractivity contribution is 5.72. The van der Waals surface area contributed by atoms with Gasteiger partial charge in [-0.2, -0.15) is 5.26 Å². The van der Waals surface area contributed by atoms with Gasteiger partial charge in [0.2, 0.25) is 0 Å². The van der Waals surface area contributed by atoms with Gasteiger partial charge >= 0.3 is 5.97 Å². The Morgan fingerprint density at radius 3 is 2.86 bits per heavy atom. The largest absolute Gasteiger partial charge is 0.493 e. The number of hydrogen-bond donors (Lipinski definition) is 0. The maximum Gasteiger partial charge on any atom is 0.344 e. The van der Waals surface area contributed by atoms with Crippen LogP contribution < -0.4 is 9.47 Å². The molecule has 0 radical (unpaired) electrons. The number of benzene rings is 1. The van der Waals surface area contributed by atoms with Crippen molar-refractivity contribution in [2.45, 2.75) is 13.5 Å². The summed E-state index contributed by atoms with van der Waals surface area (Å²) in [5.41, 5.74) is 2.89. The molecule has 0 aliphatic carbocycles. The number of ether oxygens (including phenoxy) is 3. The second-order valence-electron chi connectivity index (χ2n) is 5.99. The van der Waals surface area contributed by atoms with Crippen molar-refractivity contribution in [3.8, 4) is 17.6 Å². The Labute approximate surface area is 163 Å². The topological polar surface area (TPSA) is 73.0 Å². The number of esters is 1. The fraction of sp³-hybridized carbons (Fsp3) is 0.182. The minimum atomic E-state index is -0.529. The van der Waals surface area contributed by atoms with E-state index in [1.165, 1.54) is 0 Å². The van der Waals surface area contributed by atoms with Crippen LogP contribution in [0, 0.1) is 11.3 Å². The number of carbonyl (C=O) groups excluding carboxylic acids is 1. The van der Waals surface area contributed by atoms with Gasteiger partial charge in [0.1, 0.15) is 12.7 Å². The summed E-state index contributed by atoms with van der Waals surface area (Å²) in [4.78, 5) is 12.1. The van der Waals surface area contributed by atoms with E-state index in [0.717, 1.165) is 11.1 Å². The number of aromatic nitrogens is 1. The average molecular weight is 376 g/mol. The molecule has 2 heterocycles. The lowest BCUT2D eigenvalue weighted by atomic mass is 10.2. The SMILES string of the molecule is C/C=C/c1ccc(OCC(=O)OCc2cn3ccccc3c2C#N)c(OC)c1. The predicted octanol–water partition coefficient (Wildman–Crippen LogP) is 3.97. The molecule has 0 fully saturated rings. The molecular formula is C22H20N2O4. The van der Waals surface area contributed by atoms with Crippen LogP contribution >= 0.6 is 0 Å². The summed E-state index contributed by atoms with van der Waals surface area (Å²) in [6, 6.07) is 13.2. The molecular weight excluding hydrogens is 356 g/mol. The lowest BCUT2D eigenvalue weighted by Crippen LogP contribution is -2.15. The second-order valence-corrected chi connectivity index (χ2v) is 5.99. The molecule has 0 saturated carbocycles. The van der Waals surface area contributed by atoms with Crippen molar-refractivity contribution in [2.24, 2.45) is 0 Å². The summed E-state index contributed by atoms with van der Waals surface area (Å²) in [6.07, 6.45) is 7.49. The molecule has 1 aromatic carbocycles. The van der Waals surface area contributed by atoms with Crippen LogP contribution in [-0.4, -0.2) is 24.1 Å². The zero-order valence-corrected chi connectivity index (χ0v) is 15.7. The molecule has 142 valence electrons. The van der Waals surface area contributed by atoms with Crippen molar-refractivity contribution < 1.29 is 19.0 Å². The van der Waals surface area contributed by atoms with Crippen molar-refractivity contribution in [3.63, 3.8) is 0 Å². The monoisotopic (exact) mass is 376 g/mol. The van der Waals surface area contributed by atoms with E-state index in [1.54, 1.807) is 19.4 Å². The first kappa shape index (κ1) is 19.1. The van der Waals surface area contributed by atoms with Crippen LogP contribution in [0.4, 0.5) is 0 Å². The van der Waals surface area contributed by atoms with Crippen LogP contribution in [0.1, 0.15) is 23.6 Å². The molecule has 0 saturated heterocycles. The molecule has 6 heteroatoms. The Morgan fingerprint density at radius 1 is 1.25 bits per heavy atom. The summed E-state index contributed by atoms with van der Waals surface area (Å²) >= 11 is 0. The summed E-state index contributed by atoms with van der Waals surface area (Å²) in [7, 11) is 1.54. The Hall–Kier alpha value is -3.72. The van der Waals surface area contributed by atoms with E-state index in [0.29, 0.717) is 22.6 Å². The van der Waals surface area contributed by atoms with E-state index < -0.39 is 5.97 Å². The van der Waals surface area contributed by atoms with E-state index in [9.17, 15) is 10.1 Å². The minimum absolute atomic E-state index is 0.00410. The van der Waals surface area contributed by atoms with Crippen LogP contribution in [0.5, 0.6) is 11.5 Å². The van der Waals surface area contributed by atoms with Crippen LogP contribution in [0.2, 0.25) is 0 Å². The molecule has 2 aromatic heterocycles. The summed E-state index contributed by atoms with van der Waals surface area (Å²) in [5.74, 6) is 0.465. The molecule has 0 aliphatic rings. The lowest BCUT2D eigenvalue weighted by molar-refractivity contribution is -0.147. The molecule has 6 nitrogen and oxygen atoms in total. The van der Waals surface area contributed by atoms with Crippen LogP contribution in [0.15, 0.2) is 54.9 Å². The number of allylic oxidation sites excluding steroid dienone is 1. The van der Waals surface area contributed by atoms with Gasteiger partial charge in [0.25, 0.3) is 0 Å². The zero-order chi connectivity index (χ0) is 19.9. The Kier molecular flexibility index (Phi) is 5.97. The third-order valence-corrected chi connectivity index (χ3v) is 4.16. The van der Waals surface area contributed by atoms with Gasteiger partial charge in [0.05, 0.1) is 18.2 Å². The number of fused-ring (bicyclic) bond motifs is 1. The van der Waals surface area contributed by atoms with Gasteiger partial charge in [-0.15, -0.1) is 0 Å². The highest BCUT2D eigenvalue weighted by atomic mass is 16.6. The van der Waals surface area contributed by atoms with E-state index in [1.807, 2.05) is 60.0 Å². The average Bonchev–Trinajstić information content (AvgIpc) is 3.08. The minimum Gasteiger partial charge on any atom is -0.493 e. The van der Waals surface area contributed by atoms with Gasteiger partial charge in [0.15, 0.2) is 18.1 Å². The maximum absolute atomic E-state index is 12.1. The summed E-state index contributed by atoms with van der Waals surface area (Å²) in [6.45, 7) is 1.68. The fourth-order valence-electron chi connectivity index (χ4n) is 2.85. The number of carbonyl (C=O) groups is 1. The van der Waals surface area contributed by atoms with Crippen molar-refractivity contribution in [1.82, 2.24) is 4.40 Å². The number of methoxy groups -OCH3 is 1. The van der Waals surface area contributed by atoms with Crippen molar-refractivity contribution >= 4 is 17.6 Å². The fourth-order valence-corrected chi connectivity index (χ4v) is 2.85. The number of nitrogens with zero attached hydrogens (tertiary/aromatic N) is 2. The summed E-state index contributed by atoms with van der Waals surface area (Å²) < 4.78 is 17.9. The van der Waals surface area contributed by atoms with Gasteiger partial charge < -0.3 is 18.6 Å². The van der Waals surface area contributed by atoms with Crippen molar-refractivity contribution in [2.75, 3.05) is 13.7 Å². The molecule has 3 rings (SSSR count). The van der Waals surface area contributed by atoms with Gasteiger partial charge in [-0.1, -0.05) is 24.3 Å². The van der Waals surface area contributed by atoms with E-state index >= 15 is 0 Å². The molecule has 0 bridgehead atoms. The van der Waals surface area contributed by atoms with E-state index in [-0.39, 0.29) is 13.2 Å². The second kappa shape index (κ2) is 8.78. The normalized spacial score (nSPS) is 10.8. The zero-order valence-electron chi connectivity index (χ0n) is 15.7. The predicted molar refractivity (Wildman–Crippen MR) is 105 cm³/mol. The molecule has 0 N–H and O–H groups in total. The van der Waals surface area contributed by atoms with Crippen LogP contribution in [-0.2, 0) is 16.1 Å². The van der Waals surface area contributed by atoms with Crippen LogP contribution in [0.3, 0.4) is 0 Å². The maximum atomic E-state index is 12.1. The number of hydrogen-bond acceptors (Lipinski definition) is 5. The molecule has 3 aromatic rings. The van der Waals surface area contributed by atoms with Crippen LogP contribution in [0.25, 0.3) is 11.6 Å². The van der Waals surface area contributed by atoms with Gasteiger partial charge in [-0.25, -0.2) is 4.79 Å². The first-order valence-corrected chi connectivity index (χ1v) is 8.74. The van der Waals surface area contributed by atoms with Gasteiger partial charge in [-0.3, -0.25) is 0 Å². The number of rotatable bonds is 7. The lowest BCUT2D eigenvalue weighted by Gasteiger charge is -2.11. The smallest absolute Gasteiger partial charge is 0.344 e. The Morgan fingerprint density at radius 2 is 2.11 bits per heavy atom. The Bertz CT molecular complexity index is 1060. The third kappa shape index (κ3) is 4.15. The van der Waals surface area contributed by atoms with Crippen molar-refractivity contribution in [1.29, 1.82) is 5.26 Å². The van der Waals surface area contributed by atoms with E-state index in [4.69, 9.17) is 14.2 Å². The van der Waals surface area contributed by atoms with Crippen molar-refractivity contribution in [3.05, 3.63) is 71.6 Å². The number of pyridine rings is 1. The third-order valence-electron chi connectivity index (χ3n) is 4.16. The highest BCUT2D eigenvalue weighted by Gasteiger charge is 2.13. The van der Waals surface area contributed by atoms with Gasteiger partial charge in [-0.05, 0) is 36.8 Å². The highest BCUT2D eigenvalue weighted by Crippen LogP contribution is 2.28. The number of nitriles is 1. The standard InChI is InChI=1S/C22H20N2O4/c1-3-6-16-8-9-20(21(11-16)26-2)27-15-22(25)28-14-17-13-24-10-5-4-7-19(24)18(17)12-23/h3-11,13H,14-15H2,1-2H3/b6-3+. The molecule has 0 aliphatic heterocycles. The molecule has 0 spiro atoms. The Balaban J connectivity index is 1.62.